The maximum Gasteiger partial charge on any atom is 0.427 e. The lowest BCUT2D eigenvalue weighted by Crippen LogP contribution is -2.53. The van der Waals surface area contributed by atoms with Crippen molar-refractivity contribution in [2.45, 2.75) is 31.1 Å². The highest BCUT2D eigenvalue weighted by molar-refractivity contribution is 6.30. The van der Waals surface area contributed by atoms with Crippen molar-refractivity contribution in [2.24, 2.45) is 0 Å². The van der Waals surface area contributed by atoms with Gasteiger partial charge in [0.2, 0.25) is 0 Å². The van der Waals surface area contributed by atoms with Gasteiger partial charge in [0.1, 0.15) is 11.9 Å². The molecule has 0 aromatic heterocycles. The molecule has 13 heteroatoms. The van der Waals surface area contributed by atoms with Crippen LogP contribution in [0.1, 0.15) is 12.0 Å². The average Bonchev–Trinajstić information content (AvgIpc) is 3.27. The van der Waals surface area contributed by atoms with Gasteiger partial charge in [-0.25, -0.2) is 18.8 Å². The molecule has 1 fully saturated rings. The highest BCUT2D eigenvalue weighted by atomic mass is 35.5. The molecule has 0 bridgehead atoms. The number of benzene rings is 2. The van der Waals surface area contributed by atoms with Crippen molar-refractivity contribution in [2.75, 3.05) is 7.11 Å². The van der Waals surface area contributed by atoms with E-state index in [1.807, 2.05) is 0 Å². The lowest BCUT2D eigenvalue weighted by molar-refractivity contribution is -0.140. The first-order valence-electron chi connectivity index (χ1n) is 10.3. The second kappa shape index (κ2) is 11.5. The number of rotatable bonds is 9. The van der Waals surface area contributed by atoms with E-state index in [1.54, 1.807) is 24.3 Å². The smallest absolute Gasteiger partial charge is 0.427 e. The molecule has 1 aliphatic rings. The first kappa shape index (κ1) is 25.7. The maximum absolute atomic E-state index is 14.2. The molecule has 0 aliphatic carbocycles. The molecular formula is C22H22ClFN4O7. The van der Waals surface area contributed by atoms with E-state index in [2.05, 4.69) is 31.0 Å². The Hall–Kier alpha value is -3.90. The molecule has 186 valence electrons. The largest absolute Gasteiger partial charge is 0.480 e. The van der Waals surface area contributed by atoms with Crippen LogP contribution in [0.15, 0.2) is 42.5 Å². The molecule has 11 nitrogen and oxygen atoms in total. The third-order valence-corrected chi connectivity index (χ3v) is 5.35. The van der Waals surface area contributed by atoms with Gasteiger partial charge in [0.15, 0.2) is 6.17 Å². The van der Waals surface area contributed by atoms with Gasteiger partial charge in [-0.2, -0.15) is 0 Å². The van der Waals surface area contributed by atoms with Crippen LogP contribution in [0.2, 0.25) is 5.02 Å². The minimum Gasteiger partial charge on any atom is -0.480 e. The van der Waals surface area contributed by atoms with Gasteiger partial charge in [-0.05, 0) is 42.2 Å². The number of carboxylic acids is 1. The van der Waals surface area contributed by atoms with Crippen molar-refractivity contribution in [1.29, 1.82) is 0 Å². The Labute approximate surface area is 203 Å². The van der Waals surface area contributed by atoms with Crippen LogP contribution in [0, 0.1) is 5.82 Å². The van der Waals surface area contributed by atoms with Gasteiger partial charge in [0.25, 0.3) is 5.91 Å². The van der Waals surface area contributed by atoms with E-state index in [0.717, 1.165) is 7.11 Å². The summed E-state index contributed by atoms with van der Waals surface area (Å²) >= 11 is 5.96. The number of hydroxylamine groups is 1. The van der Waals surface area contributed by atoms with E-state index >= 15 is 0 Å². The normalized spacial score (nSPS) is 16.4. The number of nitrogens with one attached hydrogen (secondary N) is 4. The highest BCUT2D eigenvalue weighted by Crippen LogP contribution is 2.26. The Balaban J connectivity index is 1.78. The lowest BCUT2D eigenvalue weighted by atomic mass is 9.97. The Morgan fingerprint density at radius 1 is 1.20 bits per heavy atom. The predicted octanol–water partition coefficient (Wildman–Crippen LogP) is 1.94. The molecule has 1 aliphatic heterocycles. The third kappa shape index (κ3) is 7.04. The molecule has 3 rings (SSSR count). The Morgan fingerprint density at radius 3 is 2.51 bits per heavy atom. The van der Waals surface area contributed by atoms with Crippen LogP contribution in [0.25, 0.3) is 11.1 Å². The summed E-state index contributed by atoms with van der Waals surface area (Å²) in [5.74, 6) is -2.46. The summed E-state index contributed by atoms with van der Waals surface area (Å²) in [6, 6.07) is 8.73. The van der Waals surface area contributed by atoms with Crippen LogP contribution < -0.4 is 21.4 Å². The monoisotopic (exact) mass is 508 g/mol. The fourth-order valence-electron chi connectivity index (χ4n) is 3.42. The summed E-state index contributed by atoms with van der Waals surface area (Å²) in [5.41, 5.74) is 3.77. The predicted molar refractivity (Wildman–Crippen MR) is 121 cm³/mol. The van der Waals surface area contributed by atoms with Crippen molar-refractivity contribution in [3.05, 3.63) is 58.9 Å². The van der Waals surface area contributed by atoms with Crippen LogP contribution in [0.5, 0.6) is 0 Å². The number of alkyl carbamates (subject to hydrolysis) is 1. The van der Waals surface area contributed by atoms with Crippen molar-refractivity contribution in [3.63, 3.8) is 0 Å². The molecule has 1 heterocycles. The molecular weight excluding hydrogens is 487 g/mol. The fraction of sp³-hybridized carbons (Fsp3) is 0.273. The minimum absolute atomic E-state index is 0.151. The number of hydrogen-bond acceptors (Lipinski definition) is 7. The Morgan fingerprint density at radius 2 is 1.91 bits per heavy atom. The van der Waals surface area contributed by atoms with Gasteiger partial charge in [-0.15, -0.1) is 5.48 Å². The number of amides is 3. The molecule has 3 atom stereocenters. The fourth-order valence-corrected chi connectivity index (χ4v) is 3.59. The van der Waals surface area contributed by atoms with E-state index in [-0.39, 0.29) is 12.8 Å². The zero-order chi connectivity index (χ0) is 25.5. The van der Waals surface area contributed by atoms with E-state index in [0.29, 0.717) is 21.7 Å². The molecule has 1 saturated heterocycles. The van der Waals surface area contributed by atoms with Crippen LogP contribution in [0.4, 0.5) is 14.0 Å². The van der Waals surface area contributed by atoms with Gasteiger partial charge in [0, 0.05) is 16.6 Å². The number of halogens is 2. The number of carbonyl (C=O) groups excluding carboxylic acids is 3. The molecule has 5 N–H and O–H groups in total. The van der Waals surface area contributed by atoms with Crippen LogP contribution in [-0.4, -0.2) is 54.5 Å². The molecule has 0 spiro atoms. The molecule has 0 saturated carbocycles. The third-order valence-electron chi connectivity index (χ3n) is 5.11. The Bertz CT molecular complexity index is 1120. The first-order valence-corrected chi connectivity index (χ1v) is 10.7. The van der Waals surface area contributed by atoms with Crippen LogP contribution in [0.3, 0.4) is 0 Å². The summed E-state index contributed by atoms with van der Waals surface area (Å²) in [7, 11) is 1.09. The molecule has 0 radical (unpaired) electrons. The topological polar surface area (TPSA) is 155 Å². The molecule has 2 aromatic carbocycles. The number of carboxylic acid groups (broad SMARTS) is 1. The molecule has 2 aromatic rings. The standard InChI is InChI=1S/C22H22ClFN4O7/c1-34-21(32)26-17(20(30)31)10-14(25-19(29)18-27-22(33)35-28-18)8-11-2-4-12(5-3-11)15-9-13(23)6-7-16(15)24/h2-7,9,14,17-18,28H,8,10H2,1H3,(H,25,29)(H,26,32)(H,27,33)(H,30,31)/t14-,17-,18?/m1/s1. The minimum atomic E-state index is -1.38. The van der Waals surface area contributed by atoms with Gasteiger partial charge >= 0.3 is 18.2 Å². The number of methoxy groups -OCH3 is 1. The van der Waals surface area contributed by atoms with Crippen molar-refractivity contribution in [1.82, 2.24) is 21.4 Å². The highest BCUT2D eigenvalue weighted by Gasteiger charge is 2.32. The van der Waals surface area contributed by atoms with Crippen molar-refractivity contribution >= 4 is 35.7 Å². The van der Waals surface area contributed by atoms with Crippen LogP contribution >= 0.6 is 11.6 Å². The SMILES string of the molecule is COC(=O)N[C@H](C[C@@H](Cc1ccc(-c2cc(Cl)ccc2F)cc1)NC(=O)C1NOC(=O)N1)C(=O)O. The van der Waals surface area contributed by atoms with E-state index in [1.165, 1.54) is 18.2 Å². The molecule has 1 unspecified atom stereocenters. The Kier molecular flexibility index (Phi) is 8.44. The van der Waals surface area contributed by atoms with Crippen molar-refractivity contribution < 1.29 is 38.2 Å². The second-order valence-corrected chi connectivity index (χ2v) is 8.01. The van der Waals surface area contributed by atoms with E-state index in [9.17, 15) is 28.7 Å². The van der Waals surface area contributed by atoms with Gasteiger partial charge in [-0.1, -0.05) is 35.9 Å². The quantitative estimate of drug-likeness (QED) is 0.344. The lowest BCUT2D eigenvalue weighted by Gasteiger charge is -2.24. The summed E-state index contributed by atoms with van der Waals surface area (Å²) in [6.45, 7) is 0. The van der Waals surface area contributed by atoms with Gasteiger partial charge < -0.3 is 25.3 Å². The average molecular weight is 509 g/mol. The van der Waals surface area contributed by atoms with E-state index in [4.69, 9.17) is 11.6 Å². The number of ether oxygens (including phenoxy) is 1. The van der Waals surface area contributed by atoms with Gasteiger partial charge in [0.05, 0.1) is 7.11 Å². The zero-order valence-corrected chi connectivity index (χ0v) is 19.1. The summed E-state index contributed by atoms with van der Waals surface area (Å²) < 4.78 is 18.6. The number of aliphatic carboxylic acids is 1. The van der Waals surface area contributed by atoms with Crippen LogP contribution in [-0.2, 0) is 25.6 Å². The number of carbonyl (C=O) groups is 4. The molecule has 35 heavy (non-hydrogen) atoms. The maximum atomic E-state index is 14.2. The van der Waals surface area contributed by atoms with E-state index < -0.39 is 48.1 Å². The summed E-state index contributed by atoms with van der Waals surface area (Å²) in [6.07, 6.45) is -3.04. The van der Waals surface area contributed by atoms with Gasteiger partial charge in [-0.3, -0.25) is 10.1 Å². The second-order valence-electron chi connectivity index (χ2n) is 7.58. The molecule has 3 amide bonds. The van der Waals surface area contributed by atoms with Crippen molar-refractivity contribution in [3.8, 4) is 11.1 Å². The number of hydrogen-bond donors (Lipinski definition) is 5. The summed E-state index contributed by atoms with van der Waals surface area (Å²) in [5, 5.41) is 17.0. The zero-order valence-electron chi connectivity index (χ0n) is 18.3. The first-order chi connectivity index (χ1) is 16.7. The summed E-state index contributed by atoms with van der Waals surface area (Å²) in [4.78, 5) is 51.5.